The van der Waals surface area contributed by atoms with Gasteiger partial charge in [-0.2, -0.15) is 0 Å². The van der Waals surface area contributed by atoms with Gasteiger partial charge in [0.25, 0.3) is 0 Å². The van der Waals surface area contributed by atoms with Crippen molar-refractivity contribution in [3.05, 3.63) is 72.8 Å². The van der Waals surface area contributed by atoms with Gasteiger partial charge in [-0.05, 0) is 48.5 Å². The van der Waals surface area contributed by atoms with Crippen molar-refractivity contribution in [1.82, 2.24) is 19.7 Å². The van der Waals surface area contributed by atoms with Crippen LogP contribution in [0.4, 0.5) is 5.69 Å². The lowest BCUT2D eigenvalue weighted by Gasteiger charge is -2.09. The second kappa shape index (κ2) is 9.27. The summed E-state index contributed by atoms with van der Waals surface area (Å²) in [4.78, 5) is 16.8. The summed E-state index contributed by atoms with van der Waals surface area (Å²) in [6, 6.07) is 16.5. The average Bonchev–Trinajstić information content (AvgIpc) is 3.44. The van der Waals surface area contributed by atoms with Crippen molar-refractivity contribution < 1.29 is 13.9 Å². The summed E-state index contributed by atoms with van der Waals surface area (Å²) in [5.74, 6) is 2.15. The van der Waals surface area contributed by atoms with E-state index in [9.17, 15) is 4.79 Å². The van der Waals surface area contributed by atoms with E-state index in [1.54, 1.807) is 43.8 Å². The topological polar surface area (TPSA) is 95.1 Å². The molecule has 0 radical (unpaired) electrons. The quantitative estimate of drug-likeness (QED) is 0.433. The smallest absolute Gasteiger partial charge is 0.234 e. The normalized spacial score (nSPS) is 10.7. The minimum atomic E-state index is -0.142. The zero-order chi connectivity index (χ0) is 20.8. The summed E-state index contributed by atoms with van der Waals surface area (Å²) < 4.78 is 12.5. The number of aromatic nitrogens is 4. The first-order chi connectivity index (χ1) is 14.7. The maximum Gasteiger partial charge on any atom is 0.234 e. The molecule has 0 saturated carbocycles. The van der Waals surface area contributed by atoms with Crippen LogP contribution in [0.15, 0.2) is 76.6 Å². The number of methoxy groups -OCH3 is 1. The van der Waals surface area contributed by atoms with Crippen molar-refractivity contribution in [2.75, 3.05) is 18.2 Å². The summed E-state index contributed by atoms with van der Waals surface area (Å²) in [6.07, 6.45) is 3.33. The van der Waals surface area contributed by atoms with Crippen LogP contribution in [-0.2, 0) is 11.3 Å². The number of rotatable bonds is 8. The van der Waals surface area contributed by atoms with Crippen molar-refractivity contribution in [2.45, 2.75) is 11.7 Å². The number of carbonyl (C=O) groups is 1. The average molecular weight is 421 g/mol. The van der Waals surface area contributed by atoms with Crippen molar-refractivity contribution >= 4 is 23.4 Å². The van der Waals surface area contributed by atoms with Crippen molar-refractivity contribution in [2.24, 2.45) is 0 Å². The van der Waals surface area contributed by atoms with Crippen LogP contribution in [-0.4, -0.2) is 38.5 Å². The molecule has 0 aliphatic rings. The van der Waals surface area contributed by atoms with E-state index in [4.69, 9.17) is 9.15 Å². The number of ether oxygens (including phenoxy) is 1. The Bertz CT molecular complexity index is 1100. The van der Waals surface area contributed by atoms with E-state index in [0.717, 1.165) is 11.5 Å². The van der Waals surface area contributed by atoms with E-state index in [1.807, 2.05) is 34.9 Å². The van der Waals surface area contributed by atoms with E-state index in [2.05, 4.69) is 20.5 Å². The number of nitrogens with zero attached hydrogens (tertiary/aromatic N) is 4. The molecule has 0 saturated heterocycles. The summed E-state index contributed by atoms with van der Waals surface area (Å²) in [6.45, 7) is 0.439. The second-order valence-corrected chi connectivity index (χ2v) is 7.19. The molecular weight excluding hydrogens is 402 g/mol. The molecule has 4 rings (SSSR count). The maximum atomic E-state index is 12.4. The molecule has 1 N–H and O–H groups in total. The molecule has 1 aromatic carbocycles. The Kier molecular flexibility index (Phi) is 6.09. The van der Waals surface area contributed by atoms with E-state index < -0.39 is 0 Å². The Hall–Kier alpha value is -3.59. The number of hydrogen-bond acceptors (Lipinski definition) is 7. The Labute approximate surface area is 177 Å². The predicted octanol–water partition coefficient (Wildman–Crippen LogP) is 3.72. The summed E-state index contributed by atoms with van der Waals surface area (Å²) in [5, 5.41) is 12.0. The fraction of sp³-hybridized carbons (Fsp3) is 0.143. The molecule has 0 fully saturated rings. The molecule has 0 atom stereocenters. The van der Waals surface area contributed by atoms with Gasteiger partial charge in [0.2, 0.25) is 5.91 Å². The third-order valence-corrected chi connectivity index (χ3v) is 5.18. The van der Waals surface area contributed by atoms with Crippen molar-refractivity contribution in [3.63, 3.8) is 0 Å². The molecule has 0 unspecified atom stereocenters. The molecule has 0 spiro atoms. The number of amides is 1. The number of benzene rings is 1. The molecule has 0 bridgehead atoms. The fourth-order valence-electron chi connectivity index (χ4n) is 2.78. The van der Waals surface area contributed by atoms with Gasteiger partial charge in [0.1, 0.15) is 17.2 Å². The zero-order valence-corrected chi connectivity index (χ0v) is 17.0. The number of anilines is 1. The third kappa shape index (κ3) is 4.69. The number of carbonyl (C=O) groups excluding carboxylic acids is 1. The van der Waals surface area contributed by atoms with Gasteiger partial charge in [-0.25, -0.2) is 0 Å². The standard InChI is InChI=1S/C21H19N5O3S/c1-28-16-9-7-15(8-10-16)23-19(27)14-30-21-25-24-20(18-6-2-3-11-22-18)26(21)13-17-5-4-12-29-17/h2-12H,13-14H2,1H3,(H,23,27). The molecule has 9 heteroatoms. The number of nitrogens with one attached hydrogen (secondary N) is 1. The Morgan fingerprint density at radius 3 is 2.70 bits per heavy atom. The highest BCUT2D eigenvalue weighted by Gasteiger charge is 2.17. The lowest BCUT2D eigenvalue weighted by Crippen LogP contribution is -2.14. The predicted molar refractivity (Wildman–Crippen MR) is 113 cm³/mol. The fourth-order valence-corrected chi connectivity index (χ4v) is 3.52. The van der Waals surface area contributed by atoms with Crippen LogP contribution in [0.3, 0.4) is 0 Å². The SMILES string of the molecule is COc1ccc(NC(=O)CSc2nnc(-c3ccccn3)n2Cc2ccco2)cc1. The molecular formula is C21H19N5O3S. The lowest BCUT2D eigenvalue weighted by molar-refractivity contribution is -0.113. The first-order valence-electron chi connectivity index (χ1n) is 9.16. The Balaban J connectivity index is 1.48. The molecule has 152 valence electrons. The van der Waals surface area contributed by atoms with Gasteiger partial charge in [-0.1, -0.05) is 17.8 Å². The highest BCUT2D eigenvalue weighted by atomic mass is 32.2. The number of hydrogen-bond donors (Lipinski definition) is 1. The number of pyridine rings is 1. The van der Waals surface area contributed by atoms with Crippen LogP contribution in [0.2, 0.25) is 0 Å². The van der Waals surface area contributed by atoms with Crippen LogP contribution in [0.25, 0.3) is 11.5 Å². The second-order valence-electron chi connectivity index (χ2n) is 6.25. The molecule has 30 heavy (non-hydrogen) atoms. The van der Waals surface area contributed by atoms with Gasteiger partial charge in [0.15, 0.2) is 11.0 Å². The molecule has 3 heterocycles. The Morgan fingerprint density at radius 1 is 1.13 bits per heavy atom. The number of furan rings is 1. The van der Waals surface area contributed by atoms with Crippen LogP contribution in [0.5, 0.6) is 5.75 Å². The van der Waals surface area contributed by atoms with Crippen LogP contribution in [0, 0.1) is 0 Å². The van der Waals surface area contributed by atoms with E-state index in [1.165, 1.54) is 11.8 Å². The molecule has 0 aliphatic heterocycles. The van der Waals surface area contributed by atoms with E-state index >= 15 is 0 Å². The van der Waals surface area contributed by atoms with Crippen molar-refractivity contribution in [3.8, 4) is 17.3 Å². The summed E-state index contributed by atoms with van der Waals surface area (Å²) in [7, 11) is 1.60. The zero-order valence-electron chi connectivity index (χ0n) is 16.2. The van der Waals surface area contributed by atoms with Gasteiger partial charge in [-0.15, -0.1) is 10.2 Å². The van der Waals surface area contributed by atoms with E-state index in [0.29, 0.717) is 28.9 Å². The molecule has 3 aromatic heterocycles. The lowest BCUT2D eigenvalue weighted by atomic mass is 10.3. The van der Waals surface area contributed by atoms with Gasteiger partial charge >= 0.3 is 0 Å². The molecule has 1 amide bonds. The molecule has 0 aliphatic carbocycles. The molecule has 4 aromatic rings. The summed E-state index contributed by atoms with van der Waals surface area (Å²) in [5.41, 5.74) is 1.40. The summed E-state index contributed by atoms with van der Waals surface area (Å²) >= 11 is 1.30. The van der Waals surface area contributed by atoms with Gasteiger partial charge in [0, 0.05) is 11.9 Å². The van der Waals surface area contributed by atoms with Crippen LogP contribution < -0.4 is 10.1 Å². The van der Waals surface area contributed by atoms with Gasteiger partial charge in [0.05, 0.1) is 25.7 Å². The monoisotopic (exact) mass is 421 g/mol. The number of thioether (sulfide) groups is 1. The van der Waals surface area contributed by atoms with Gasteiger partial charge in [-0.3, -0.25) is 14.3 Å². The first-order valence-corrected chi connectivity index (χ1v) is 10.1. The first kappa shape index (κ1) is 19.7. The Morgan fingerprint density at radius 2 is 2.00 bits per heavy atom. The largest absolute Gasteiger partial charge is 0.497 e. The minimum Gasteiger partial charge on any atom is -0.497 e. The van der Waals surface area contributed by atoms with Crippen LogP contribution in [0.1, 0.15) is 5.76 Å². The van der Waals surface area contributed by atoms with Crippen molar-refractivity contribution in [1.29, 1.82) is 0 Å². The highest BCUT2D eigenvalue weighted by molar-refractivity contribution is 7.99. The molecule has 8 nitrogen and oxygen atoms in total. The van der Waals surface area contributed by atoms with E-state index in [-0.39, 0.29) is 11.7 Å². The van der Waals surface area contributed by atoms with Gasteiger partial charge < -0.3 is 14.5 Å². The third-order valence-electron chi connectivity index (χ3n) is 4.21. The minimum absolute atomic E-state index is 0.142. The van der Waals surface area contributed by atoms with Crippen LogP contribution >= 0.6 is 11.8 Å². The maximum absolute atomic E-state index is 12.4. The highest BCUT2D eigenvalue weighted by Crippen LogP contribution is 2.24.